The van der Waals surface area contributed by atoms with Crippen molar-refractivity contribution in [1.82, 2.24) is 5.32 Å². The maximum absolute atomic E-state index is 13.7. The van der Waals surface area contributed by atoms with Gasteiger partial charge in [0.2, 0.25) is 5.91 Å². The molecule has 1 aromatic rings. The van der Waals surface area contributed by atoms with E-state index in [0.717, 1.165) is 25.9 Å². The van der Waals surface area contributed by atoms with E-state index in [2.05, 4.69) is 10.6 Å². The minimum atomic E-state index is -0.533. The third-order valence-electron chi connectivity index (χ3n) is 3.44. The number of hydrogen-bond acceptors (Lipinski definition) is 4. The van der Waals surface area contributed by atoms with Gasteiger partial charge in [-0.15, -0.1) is 12.4 Å². The maximum atomic E-state index is 13.7. The van der Waals surface area contributed by atoms with Crippen molar-refractivity contribution in [3.05, 3.63) is 17.9 Å². The van der Waals surface area contributed by atoms with Gasteiger partial charge in [0.25, 0.3) is 0 Å². The fourth-order valence-electron chi connectivity index (χ4n) is 2.28. The molecule has 5 nitrogen and oxygen atoms in total. The third kappa shape index (κ3) is 4.22. The van der Waals surface area contributed by atoms with Crippen molar-refractivity contribution >= 4 is 24.0 Å². The zero-order valence-electron chi connectivity index (χ0n) is 12.1. The summed E-state index contributed by atoms with van der Waals surface area (Å²) in [4.78, 5) is 12.2. The number of anilines is 1. The van der Waals surface area contributed by atoms with E-state index in [1.807, 2.05) is 0 Å². The molecule has 2 N–H and O–H groups in total. The van der Waals surface area contributed by atoms with E-state index >= 15 is 0 Å². The predicted molar refractivity (Wildman–Crippen MR) is 81.0 cm³/mol. The normalized spacial score (nSPS) is 15.0. The van der Waals surface area contributed by atoms with E-state index in [-0.39, 0.29) is 30.0 Å². The number of amides is 1. The molecule has 118 valence electrons. The second kappa shape index (κ2) is 8.05. The van der Waals surface area contributed by atoms with Gasteiger partial charge in [-0.25, -0.2) is 4.39 Å². The first-order valence-electron chi connectivity index (χ1n) is 6.58. The van der Waals surface area contributed by atoms with Crippen LogP contribution in [0, 0.1) is 11.7 Å². The Morgan fingerprint density at radius 2 is 1.86 bits per heavy atom. The van der Waals surface area contributed by atoms with Crippen molar-refractivity contribution in [1.29, 1.82) is 0 Å². The average molecular weight is 319 g/mol. The molecular weight excluding hydrogens is 299 g/mol. The standard InChI is InChI=1S/C14H19FN2O3.ClH/c1-19-12-8-13(20-2)11(7-10(12)15)17-14(18)9-3-5-16-6-4-9;/h7-9,16H,3-6H2,1-2H3,(H,17,18);1H. The minimum Gasteiger partial charge on any atom is -0.494 e. The van der Waals surface area contributed by atoms with Crippen LogP contribution in [0.15, 0.2) is 12.1 Å². The molecule has 21 heavy (non-hydrogen) atoms. The summed E-state index contributed by atoms with van der Waals surface area (Å²) in [7, 11) is 2.85. The molecule has 0 bridgehead atoms. The van der Waals surface area contributed by atoms with Crippen LogP contribution in [0.1, 0.15) is 12.8 Å². The SMILES string of the molecule is COc1cc(OC)c(NC(=O)C2CCNCC2)cc1F.Cl. The molecular formula is C14H20ClFN2O3. The highest BCUT2D eigenvalue weighted by Gasteiger charge is 2.22. The predicted octanol–water partition coefficient (Wildman–Crippen LogP) is 2.20. The van der Waals surface area contributed by atoms with Crippen molar-refractivity contribution < 1.29 is 18.7 Å². The lowest BCUT2D eigenvalue weighted by Crippen LogP contribution is -2.34. The van der Waals surface area contributed by atoms with Gasteiger partial charge in [0.15, 0.2) is 11.6 Å². The molecule has 0 aromatic heterocycles. The summed E-state index contributed by atoms with van der Waals surface area (Å²) in [5.74, 6) is -0.221. The fraction of sp³-hybridized carbons (Fsp3) is 0.500. The first kappa shape index (κ1) is 17.5. The molecule has 0 radical (unpaired) electrons. The number of halogens is 2. The summed E-state index contributed by atoms with van der Waals surface area (Å²) >= 11 is 0. The van der Waals surface area contributed by atoms with Gasteiger partial charge in [0.05, 0.1) is 19.9 Å². The number of hydrogen-bond donors (Lipinski definition) is 2. The molecule has 1 aromatic carbocycles. The second-order valence-electron chi connectivity index (χ2n) is 4.70. The van der Waals surface area contributed by atoms with Crippen LogP contribution >= 0.6 is 12.4 Å². The van der Waals surface area contributed by atoms with Crippen LogP contribution < -0.4 is 20.1 Å². The van der Waals surface area contributed by atoms with E-state index in [9.17, 15) is 9.18 Å². The molecule has 1 saturated heterocycles. The number of benzene rings is 1. The van der Waals surface area contributed by atoms with Crippen molar-refractivity contribution in [3.8, 4) is 11.5 Å². The molecule has 2 rings (SSSR count). The van der Waals surface area contributed by atoms with Gasteiger partial charge in [0.1, 0.15) is 5.75 Å². The van der Waals surface area contributed by atoms with Crippen LogP contribution in [0.2, 0.25) is 0 Å². The molecule has 1 fully saturated rings. The van der Waals surface area contributed by atoms with Crippen molar-refractivity contribution in [2.45, 2.75) is 12.8 Å². The molecule has 1 heterocycles. The Kier molecular flexibility index (Phi) is 6.71. The molecule has 0 atom stereocenters. The Hall–Kier alpha value is -1.53. The van der Waals surface area contributed by atoms with Gasteiger partial charge in [-0.2, -0.15) is 0 Å². The number of carbonyl (C=O) groups excluding carboxylic acids is 1. The lowest BCUT2D eigenvalue weighted by molar-refractivity contribution is -0.120. The average Bonchev–Trinajstić information content (AvgIpc) is 2.48. The van der Waals surface area contributed by atoms with Crippen LogP contribution in [0.5, 0.6) is 11.5 Å². The third-order valence-corrected chi connectivity index (χ3v) is 3.44. The van der Waals surface area contributed by atoms with Gasteiger partial charge in [-0.05, 0) is 25.9 Å². The highest BCUT2D eigenvalue weighted by atomic mass is 35.5. The lowest BCUT2D eigenvalue weighted by atomic mass is 9.97. The summed E-state index contributed by atoms with van der Waals surface area (Å²) in [5, 5.41) is 5.94. The summed E-state index contributed by atoms with van der Waals surface area (Å²) in [6, 6.07) is 2.64. The molecule has 0 saturated carbocycles. The molecule has 0 spiro atoms. The van der Waals surface area contributed by atoms with Crippen LogP contribution in [0.4, 0.5) is 10.1 Å². The monoisotopic (exact) mass is 318 g/mol. The van der Waals surface area contributed by atoms with E-state index in [1.165, 1.54) is 26.4 Å². The molecule has 7 heteroatoms. The summed E-state index contributed by atoms with van der Waals surface area (Å²) in [6.07, 6.45) is 1.57. The molecule has 1 aliphatic rings. The van der Waals surface area contributed by atoms with E-state index in [4.69, 9.17) is 9.47 Å². The van der Waals surface area contributed by atoms with Crippen LogP contribution in [-0.4, -0.2) is 33.2 Å². The van der Waals surface area contributed by atoms with Gasteiger partial charge in [0, 0.05) is 18.1 Å². The first-order chi connectivity index (χ1) is 9.65. The Balaban J connectivity index is 0.00000220. The molecule has 0 aliphatic carbocycles. The van der Waals surface area contributed by atoms with Gasteiger partial charge >= 0.3 is 0 Å². The molecule has 1 aliphatic heterocycles. The molecule has 0 unspecified atom stereocenters. The zero-order valence-corrected chi connectivity index (χ0v) is 12.9. The van der Waals surface area contributed by atoms with Gasteiger partial charge < -0.3 is 20.1 Å². The lowest BCUT2D eigenvalue weighted by Gasteiger charge is -2.22. The van der Waals surface area contributed by atoms with E-state index in [0.29, 0.717) is 11.4 Å². The van der Waals surface area contributed by atoms with Crippen LogP contribution in [0.3, 0.4) is 0 Å². The number of nitrogens with one attached hydrogen (secondary N) is 2. The number of rotatable bonds is 4. The maximum Gasteiger partial charge on any atom is 0.227 e. The largest absolute Gasteiger partial charge is 0.494 e. The van der Waals surface area contributed by atoms with Crippen molar-refractivity contribution in [2.75, 3.05) is 32.6 Å². The second-order valence-corrected chi connectivity index (χ2v) is 4.70. The van der Waals surface area contributed by atoms with Crippen molar-refractivity contribution in [3.63, 3.8) is 0 Å². The Labute approximate surface area is 129 Å². The molecule has 1 amide bonds. The van der Waals surface area contributed by atoms with E-state index < -0.39 is 5.82 Å². The number of methoxy groups -OCH3 is 2. The number of piperidine rings is 1. The quantitative estimate of drug-likeness (QED) is 0.893. The van der Waals surface area contributed by atoms with Crippen molar-refractivity contribution in [2.24, 2.45) is 5.92 Å². The minimum absolute atomic E-state index is 0. The Morgan fingerprint density at radius 1 is 1.24 bits per heavy atom. The zero-order chi connectivity index (χ0) is 14.5. The van der Waals surface area contributed by atoms with Crippen LogP contribution in [-0.2, 0) is 4.79 Å². The van der Waals surface area contributed by atoms with E-state index in [1.54, 1.807) is 0 Å². The fourth-order valence-corrected chi connectivity index (χ4v) is 2.28. The highest BCUT2D eigenvalue weighted by molar-refractivity contribution is 5.94. The topological polar surface area (TPSA) is 59.6 Å². The Bertz CT molecular complexity index is 493. The first-order valence-corrected chi connectivity index (χ1v) is 6.58. The highest BCUT2D eigenvalue weighted by Crippen LogP contribution is 2.32. The summed E-state index contributed by atoms with van der Waals surface area (Å²) < 4.78 is 23.8. The number of carbonyl (C=O) groups is 1. The van der Waals surface area contributed by atoms with Crippen LogP contribution in [0.25, 0.3) is 0 Å². The van der Waals surface area contributed by atoms with Gasteiger partial charge in [-0.3, -0.25) is 4.79 Å². The van der Waals surface area contributed by atoms with Gasteiger partial charge in [-0.1, -0.05) is 0 Å². The summed E-state index contributed by atoms with van der Waals surface area (Å²) in [6.45, 7) is 1.65. The number of ether oxygens (including phenoxy) is 2. The smallest absolute Gasteiger partial charge is 0.227 e. The summed E-state index contributed by atoms with van der Waals surface area (Å²) in [5.41, 5.74) is 0.328. The Morgan fingerprint density at radius 3 is 2.43 bits per heavy atom.